The number of carbonyl (C=O) groups excluding carboxylic acids is 2. The molecule has 5 heteroatoms. The number of carbonyl (C=O) groups is 2. The van der Waals surface area contributed by atoms with E-state index in [1.807, 2.05) is 100 Å². The molecule has 0 saturated heterocycles. The number of rotatable bonds is 8. The molecule has 0 bridgehead atoms. The second-order valence-electron chi connectivity index (χ2n) is 8.22. The van der Waals surface area contributed by atoms with E-state index in [0.29, 0.717) is 13.1 Å². The van der Waals surface area contributed by atoms with Crippen molar-refractivity contribution in [2.75, 3.05) is 24.3 Å². The average molecular weight is 396 g/mol. The molecule has 2 amide bonds. The zero-order valence-corrected chi connectivity index (χ0v) is 18.4. The number of benzene rings is 2. The van der Waals surface area contributed by atoms with Gasteiger partial charge in [-0.25, -0.2) is 0 Å². The first kappa shape index (κ1) is 22.5. The van der Waals surface area contributed by atoms with Crippen LogP contribution in [0.2, 0.25) is 0 Å². The van der Waals surface area contributed by atoms with Gasteiger partial charge in [0.2, 0.25) is 11.8 Å². The SMILES string of the molecule is CC(C)C(=O)Nc1ccc(N(C)C)c(CN(Cc2ccccc2)C(=O)C(C)C)c1. The molecule has 0 aliphatic carbocycles. The van der Waals surface area contributed by atoms with Crippen molar-refractivity contribution in [3.8, 4) is 0 Å². The molecule has 156 valence electrons. The zero-order chi connectivity index (χ0) is 21.6. The number of anilines is 2. The van der Waals surface area contributed by atoms with Crippen molar-refractivity contribution < 1.29 is 9.59 Å². The molecule has 29 heavy (non-hydrogen) atoms. The van der Waals surface area contributed by atoms with E-state index in [-0.39, 0.29) is 23.7 Å². The van der Waals surface area contributed by atoms with Crippen molar-refractivity contribution in [3.05, 3.63) is 59.7 Å². The Bertz CT molecular complexity index is 829. The third kappa shape index (κ3) is 6.34. The lowest BCUT2D eigenvalue weighted by Crippen LogP contribution is -2.34. The van der Waals surface area contributed by atoms with Crippen LogP contribution >= 0.6 is 0 Å². The van der Waals surface area contributed by atoms with Gasteiger partial charge in [0, 0.05) is 50.4 Å². The molecule has 0 fully saturated rings. The Labute approximate surface area is 174 Å². The van der Waals surface area contributed by atoms with Gasteiger partial charge in [-0.15, -0.1) is 0 Å². The number of hydrogen-bond acceptors (Lipinski definition) is 3. The van der Waals surface area contributed by atoms with E-state index in [0.717, 1.165) is 22.5 Å². The van der Waals surface area contributed by atoms with Crippen molar-refractivity contribution in [3.63, 3.8) is 0 Å². The maximum Gasteiger partial charge on any atom is 0.226 e. The van der Waals surface area contributed by atoms with Gasteiger partial charge < -0.3 is 15.1 Å². The van der Waals surface area contributed by atoms with Crippen molar-refractivity contribution in [2.24, 2.45) is 11.8 Å². The smallest absolute Gasteiger partial charge is 0.226 e. The van der Waals surface area contributed by atoms with E-state index in [4.69, 9.17) is 0 Å². The molecule has 1 N–H and O–H groups in total. The highest BCUT2D eigenvalue weighted by Gasteiger charge is 2.20. The van der Waals surface area contributed by atoms with Crippen molar-refractivity contribution in [2.45, 2.75) is 40.8 Å². The number of amides is 2. The van der Waals surface area contributed by atoms with Gasteiger partial charge in [0.1, 0.15) is 0 Å². The first-order valence-electron chi connectivity index (χ1n) is 10.1. The molecule has 0 aliphatic rings. The molecule has 2 aromatic rings. The summed E-state index contributed by atoms with van der Waals surface area (Å²) in [6.07, 6.45) is 0. The molecule has 2 aromatic carbocycles. The van der Waals surface area contributed by atoms with Gasteiger partial charge in [-0.3, -0.25) is 9.59 Å². The highest BCUT2D eigenvalue weighted by atomic mass is 16.2. The molecule has 0 radical (unpaired) electrons. The predicted molar refractivity (Wildman–Crippen MR) is 120 cm³/mol. The summed E-state index contributed by atoms with van der Waals surface area (Å²) < 4.78 is 0. The predicted octanol–water partition coefficient (Wildman–Crippen LogP) is 4.53. The Kier molecular flexibility index (Phi) is 7.82. The lowest BCUT2D eigenvalue weighted by molar-refractivity contribution is -0.135. The van der Waals surface area contributed by atoms with Crippen LogP contribution in [0.4, 0.5) is 11.4 Å². The maximum absolute atomic E-state index is 12.9. The van der Waals surface area contributed by atoms with Gasteiger partial charge in [0.25, 0.3) is 0 Å². The fourth-order valence-electron chi connectivity index (χ4n) is 3.10. The fraction of sp³-hybridized carbons (Fsp3) is 0.417. The van der Waals surface area contributed by atoms with E-state index in [1.54, 1.807) is 0 Å². The van der Waals surface area contributed by atoms with Crippen LogP contribution in [0, 0.1) is 11.8 Å². The Hall–Kier alpha value is -2.82. The minimum Gasteiger partial charge on any atom is -0.377 e. The first-order valence-corrected chi connectivity index (χ1v) is 10.1. The highest BCUT2D eigenvalue weighted by Crippen LogP contribution is 2.26. The lowest BCUT2D eigenvalue weighted by Gasteiger charge is -2.28. The Morgan fingerprint density at radius 1 is 0.897 bits per heavy atom. The minimum absolute atomic E-state index is 0.0204. The summed E-state index contributed by atoms with van der Waals surface area (Å²) in [5.41, 5.74) is 3.88. The Balaban J connectivity index is 2.36. The van der Waals surface area contributed by atoms with Crippen LogP contribution in [0.25, 0.3) is 0 Å². The summed E-state index contributed by atoms with van der Waals surface area (Å²) in [5, 5.41) is 2.96. The molecule has 5 nitrogen and oxygen atoms in total. The van der Waals surface area contributed by atoms with Gasteiger partial charge >= 0.3 is 0 Å². The van der Waals surface area contributed by atoms with Gasteiger partial charge in [-0.2, -0.15) is 0 Å². The van der Waals surface area contributed by atoms with Crippen LogP contribution in [0.15, 0.2) is 48.5 Å². The van der Waals surface area contributed by atoms with Crippen LogP contribution in [-0.4, -0.2) is 30.8 Å². The molecule has 2 rings (SSSR count). The fourth-order valence-corrected chi connectivity index (χ4v) is 3.10. The Morgan fingerprint density at radius 2 is 1.55 bits per heavy atom. The number of hydrogen-bond donors (Lipinski definition) is 1. The third-order valence-electron chi connectivity index (χ3n) is 4.74. The summed E-state index contributed by atoms with van der Waals surface area (Å²) in [6, 6.07) is 15.9. The monoisotopic (exact) mass is 395 g/mol. The van der Waals surface area contributed by atoms with Crippen molar-refractivity contribution in [1.82, 2.24) is 4.90 Å². The molecule has 0 heterocycles. The molecule has 0 saturated carbocycles. The van der Waals surface area contributed by atoms with Crippen molar-refractivity contribution >= 4 is 23.2 Å². The van der Waals surface area contributed by atoms with Crippen LogP contribution in [0.3, 0.4) is 0 Å². The van der Waals surface area contributed by atoms with E-state index < -0.39 is 0 Å². The molecular weight excluding hydrogens is 362 g/mol. The van der Waals surface area contributed by atoms with Gasteiger partial charge in [-0.1, -0.05) is 58.0 Å². The van der Waals surface area contributed by atoms with E-state index in [9.17, 15) is 9.59 Å². The second-order valence-corrected chi connectivity index (χ2v) is 8.22. The molecular formula is C24H33N3O2. The van der Waals surface area contributed by atoms with Crippen LogP contribution < -0.4 is 10.2 Å². The van der Waals surface area contributed by atoms with Crippen molar-refractivity contribution in [1.29, 1.82) is 0 Å². The topological polar surface area (TPSA) is 52.7 Å². The summed E-state index contributed by atoms with van der Waals surface area (Å²) >= 11 is 0. The standard InChI is InChI=1S/C24H33N3O2/c1-17(2)23(28)25-21-12-13-22(26(5)6)20(14-21)16-27(24(29)18(3)4)15-19-10-8-7-9-11-19/h7-14,17-18H,15-16H2,1-6H3,(H,25,28). The molecule has 0 atom stereocenters. The largest absolute Gasteiger partial charge is 0.377 e. The molecule has 0 aliphatic heterocycles. The number of nitrogens with zero attached hydrogens (tertiary/aromatic N) is 2. The summed E-state index contributed by atoms with van der Waals surface area (Å²) in [7, 11) is 3.97. The molecule has 0 aromatic heterocycles. The second kappa shape index (κ2) is 10.1. The third-order valence-corrected chi connectivity index (χ3v) is 4.74. The molecule has 0 unspecified atom stereocenters. The minimum atomic E-state index is -0.0935. The summed E-state index contributed by atoms with van der Waals surface area (Å²) in [6.45, 7) is 8.61. The van der Waals surface area contributed by atoms with E-state index in [1.165, 1.54) is 0 Å². The van der Waals surface area contributed by atoms with E-state index >= 15 is 0 Å². The summed E-state index contributed by atoms with van der Waals surface area (Å²) in [4.78, 5) is 29.0. The van der Waals surface area contributed by atoms with Gasteiger partial charge in [0.15, 0.2) is 0 Å². The normalized spacial score (nSPS) is 10.9. The van der Waals surface area contributed by atoms with Crippen LogP contribution in [-0.2, 0) is 22.7 Å². The molecule has 0 spiro atoms. The summed E-state index contributed by atoms with van der Waals surface area (Å²) in [5.74, 6) is -0.0995. The lowest BCUT2D eigenvalue weighted by atomic mass is 10.1. The van der Waals surface area contributed by atoms with Crippen LogP contribution in [0.5, 0.6) is 0 Å². The van der Waals surface area contributed by atoms with E-state index in [2.05, 4.69) is 5.32 Å². The first-order chi connectivity index (χ1) is 13.7. The Morgan fingerprint density at radius 3 is 2.10 bits per heavy atom. The average Bonchev–Trinajstić information content (AvgIpc) is 2.67. The zero-order valence-electron chi connectivity index (χ0n) is 18.4. The maximum atomic E-state index is 12.9. The highest BCUT2D eigenvalue weighted by molar-refractivity contribution is 5.92. The van der Waals surface area contributed by atoms with Gasteiger partial charge in [-0.05, 0) is 29.3 Å². The number of nitrogens with one attached hydrogen (secondary N) is 1. The van der Waals surface area contributed by atoms with Crippen LogP contribution in [0.1, 0.15) is 38.8 Å². The quantitative estimate of drug-likeness (QED) is 0.714. The van der Waals surface area contributed by atoms with Gasteiger partial charge in [0.05, 0.1) is 0 Å².